The Labute approximate surface area is 192 Å². The van der Waals surface area contributed by atoms with Gasteiger partial charge in [0.15, 0.2) is 0 Å². The van der Waals surface area contributed by atoms with Gasteiger partial charge < -0.3 is 4.74 Å². The minimum Gasteiger partial charge on any atom is -0.381 e. The number of hydrogen-bond donors (Lipinski definition) is 0. The Morgan fingerprint density at radius 3 is 2.45 bits per heavy atom. The van der Waals surface area contributed by atoms with Gasteiger partial charge in [0.25, 0.3) is 0 Å². The average Bonchev–Trinajstić information content (AvgIpc) is 3.46. The zero-order valence-electron chi connectivity index (χ0n) is 21.3. The molecule has 0 saturated heterocycles. The second kappa shape index (κ2) is 6.43. The Hall–Kier alpha value is -0.300. The van der Waals surface area contributed by atoms with Crippen molar-refractivity contribution in [1.82, 2.24) is 0 Å². The van der Waals surface area contributed by atoms with Gasteiger partial charge in [-0.15, -0.1) is 6.58 Å². The summed E-state index contributed by atoms with van der Waals surface area (Å²) in [6.45, 7) is 17.1. The molecule has 6 rings (SSSR count). The van der Waals surface area contributed by atoms with E-state index >= 15 is 0 Å². The molecule has 12 atom stereocenters. The highest BCUT2D eigenvalue weighted by molar-refractivity contribution is 5.26. The van der Waals surface area contributed by atoms with Crippen LogP contribution in [-0.4, -0.2) is 13.2 Å². The Kier molecular flexibility index (Phi) is 4.40. The molecule has 0 N–H and O–H groups in total. The van der Waals surface area contributed by atoms with Gasteiger partial charge in [0.05, 0.1) is 6.10 Å². The summed E-state index contributed by atoms with van der Waals surface area (Å²) in [6, 6.07) is 0. The lowest BCUT2D eigenvalue weighted by Gasteiger charge is -2.61. The number of ether oxygens (including phenoxy) is 1. The topological polar surface area (TPSA) is 9.23 Å². The Balaban J connectivity index is 1.24. The number of methoxy groups -OCH3 is 1. The van der Waals surface area contributed by atoms with E-state index in [0.29, 0.717) is 27.8 Å². The van der Waals surface area contributed by atoms with E-state index in [1.807, 2.05) is 7.11 Å². The van der Waals surface area contributed by atoms with Gasteiger partial charge in [-0.2, -0.15) is 0 Å². The molecule has 0 aromatic heterocycles. The first-order valence-corrected chi connectivity index (χ1v) is 13.8. The Morgan fingerprint density at radius 2 is 1.81 bits per heavy atom. The van der Waals surface area contributed by atoms with E-state index < -0.39 is 0 Å². The molecule has 6 saturated carbocycles. The minimum atomic E-state index is 0.494. The largest absolute Gasteiger partial charge is 0.381 e. The van der Waals surface area contributed by atoms with Gasteiger partial charge in [0.1, 0.15) is 0 Å². The number of rotatable bonds is 5. The van der Waals surface area contributed by atoms with Crippen LogP contribution in [0.25, 0.3) is 0 Å². The smallest absolute Gasteiger partial charge is 0.0638 e. The van der Waals surface area contributed by atoms with Crippen LogP contribution < -0.4 is 0 Å². The first-order chi connectivity index (χ1) is 14.6. The van der Waals surface area contributed by atoms with Gasteiger partial charge in [-0.25, -0.2) is 0 Å². The van der Waals surface area contributed by atoms with Crippen LogP contribution in [0.15, 0.2) is 12.7 Å². The van der Waals surface area contributed by atoms with E-state index in [4.69, 9.17) is 4.74 Å². The highest BCUT2D eigenvalue weighted by Crippen LogP contribution is 2.82. The predicted octanol–water partition coefficient (Wildman–Crippen LogP) is 7.75. The third kappa shape index (κ3) is 2.44. The van der Waals surface area contributed by atoms with E-state index in [9.17, 15) is 0 Å². The van der Waals surface area contributed by atoms with E-state index in [1.54, 1.807) is 0 Å². The van der Waals surface area contributed by atoms with Gasteiger partial charge in [-0.3, -0.25) is 0 Å². The van der Waals surface area contributed by atoms with Crippen LogP contribution in [0, 0.1) is 69.0 Å². The summed E-state index contributed by atoms with van der Waals surface area (Å²) in [5, 5.41) is 0. The maximum atomic E-state index is 6.32. The quantitative estimate of drug-likeness (QED) is 0.410. The molecular formula is C30H48O. The molecule has 174 valence electrons. The van der Waals surface area contributed by atoms with E-state index in [0.717, 1.165) is 47.3 Å². The van der Waals surface area contributed by atoms with Crippen molar-refractivity contribution in [2.24, 2.45) is 69.0 Å². The lowest BCUT2D eigenvalue weighted by molar-refractivity contribution is -0.161. The van der Waals surface area contributed by atoms with Crippen molar-refractivity contribution in [2.75, 3.05) is 7.11 Å². The van der Waals surface area contributed by atoms with Gasteiger partial charge in [-0.1, -0.05) is 40.7 Å². The van der Waals surface area contributed by atoms with Crippen LogP contribution >= 0.6 is 0 Å². The van der Waals surface area contributed by atoms with Gasteiger partial charge in [0.2, 0.25) is 0 Å². The minimum absolute atomic E-state index is 0.494. The normalized spacial score (nSPS) is 59.2. The third-order valence-electron chi connectivity index (χ3n) is 13.6. The van der Waals surface area contributed by atoms with Crippen molar-refractivity contribution in [1.29, 1.82) is 0 Å². The molecule has 0 aromatic rings. The van der Waals surface area contributed by atoms with Crippen LogP contribution in [-0.2, 0) is 4.74 Å². The van der Waals surface area contributed by atoms with Crippen LogP contribution in [0.2, 0.25) is 0 Å². The molecular weight excluding hydrogens is 376 g/mol. The molecule has 1 nitrogen and oxygen atoms in total. The molecule has 6 aliphatic carbocycles. The van der Waals surface area contributed by atoms with Crippen molar-refractivity contribution in [3.63, 3.8) is 0 Å². The fraction of sp³-hybridized carbons (Fsp3) is 0.933. The molecule has 0 bridgehead atoms. The second-order valence-electron chi connectivity index (χ2n) is 14.4. The highest BCUT2D eigenvalue weighted by Gasteiger charge is 2.77. The first kappa shape index (κ1) is 21.2. The lowest BCUT2D eigenvalue weighted by atomic mass is 9.45. The molecule has 0 amide bonds. The van der Waals surface area contributed by atoms with Crippen molar-refractivity contribution < 1.29 is 4.74 Å². The van der Waals surface area contributed by atoms with Crippen LogP contribution in [0.5, 0.6) is 0 Å². The molecule has 6 fully saturated rings. The lowest BCUT2D eigenvalue weighted by Crippen LogP contribution is -2.57. The van der Waals surface area contributed by atoms with Gasteiger partial charge >= 0.3 is 0 Å². The van der Waals surface area contributed by atoms with Gasteiger partial charge in [0, 0.05) is 12.5 Å². The average molecular weight is 425 g/mol. The molecule has 0 aromatic carbocycles. The summed E-state index contributed by atoms with van der Waals surface area (Å²) in [6.07, 6.45) is 16.0. The third-order valence-corrected chi connectivity index (χ3v) is 13.6. The van der Waals surface area contributed by atoms with Crippen LogP contribution in [0.3, 0.4) is 0 Å². The maximum absolute atomic E-state index is 6.32. The molecule has 0 aliphatic heterocycles. The molecule has 31 heavy (non-hydrogen) atoms. The summed E-state index contributed by atoms with van der Waals surface area (Å²) >= 11 is 0. The fourth-order valence-corrected chi connectivity index (χ4v) is 11.8. The van der Waals surface area contributed by atoms with Crippen LogP contribution in [0.1, 0.15) is 92.4 Å². The first-order valence-electron chi connectivity index (χ1n) is 13.8. The Bertz CT molecular complexity index is 768. The number of fused-ring (bicyclic) bond motifs is 4. The zero-order chi connectivity index (χ0) is 22.0. The standard InChI is InChI=1S/C30H48O/c1-8-21-25(27(21,3)4)15-18(2)22-9-10-23-20-16-26(31-7)30-17-19(30)11-14-29(30,6)24(20)12-13-28(22,23)5/h8,18-26H,1,9-17H2,2-7H3/t18-,19-,20+,21+,22-,23+,24+,25-,26-,28-,29-,30+/m1/s1. The predicted molar refractivity (Wildman–Crippen MR) is 129 cm³/mol. The molecule has 6 aliphatic rings. The SMILES string of the molecule is C=C[C@H]1[C@@H](C[C@@H](C)[C@H]2CC[C@H]3[C@@H]4C[C@@H](OC)[C@]56C[C@H]5CC[C@]6(C)[C@H]4CC[C@]23C)C1(C)C. The summed E-state index contributed by atoms with van der Waals surface area (Å²) in [5.74, 6) is 7.27. The highest BCUT2D eigenvalue weighted by atomic mass is 16.5. The summed E-state index contributed by atoms with van der Waals surface area (Å²) in [4.78, 5) is 0. The second-order valence-corrected chi connectivity index (χ2v) is 14.4. The maximum Gasteiger partial charge on any atom is 0.0638 e. The number of hydrogen-bond acceptors (Lipinski definition) is 1. The summed E-state index contributed by atoms with van der Waals surface area (Å²) in [5.41, 5.74) is 2.21. The zero-order valence-corrected chi connectivity index (χ0v) is 21.3. The van der Waals surface area contributed by atoms with Crippen molar-refractivity contribution in [3.8, 4) is 0 Å². The van der Waals surface area contributed by atoms with Gasteiger partial charge in [-0.05, 0) is 121 Å². The molecule has 0 unspecified atom stereocenters. The van der Waals surface area contributed by atoms with Crippen molar-refractivity contribution in [2.45, 2.75) is 98.5 Å². The summed E-state index contributed by atoms with van der Waals surface area (Å²) in [7, 11) is 2.03. The molecule has 0 heterocycles. The molecule has 1 heteroatoms. The summed E-state index contributed by atoms with van der Waals surface area (Å²) < 4.78 is 6.32. The Morgan fingerprint density at radius 1 is 1.03 bits per heavy atom. The van der Waals surface area contributed by atoms with E-state index in [2.05, 4.69) is 47.3 Å². The van der Waals surface area contributed by atoms with Crippen molar-refractivity contribution in [3.05, 3.63) is 12.7 Å². The monoisotopic (exact) mass is 424 g/mol. The van der Waals surface area contributed by atoms with Crippen molar-refractivity contribution >= 4 is 0 Å². The fourth-order valence-electron chi connectivity index (χ4n) is 11.8. The molecule has 1 spiro atoms. The molecule has 0 radical (unpaired) electrons. The van der Waals surface area contributed by atoms with Crippen LogP contribution in [0.4, 0.5) is 0 Å². The van der Waals surface area contributed by atoms with E-state index in [1.165, 1.54) is 57.8 Å². The number of allylic oxidation sites excluding steroid dienone is 1. The van der Waals surface area contributed by atoms with E-state index in [-0.39, 0.29) is 0 Å².